The van der Waals surface area contributed by atoms with Gasteiger partial charge in [-0.3, -0.25) is 0 Å². The van der Waals surface area contributed by atoms with Crippen LogP contribution in [-0.4, -0.2) is 33.7 Å². The Bertz CT molecular complexity index is 458. The monoisotopic (exact) mass is 297 g/mol. The second-order valence-corrected chi connectivity index (χ2v) is 6.33. The maximum Gasteiger partial charge on any atom is 0.219 e. The van der Waals surface area contributed by atoms with Crippen LogP contribution >= 0.6 is 35.3 Å². The number of hydrogen-bond donors (Lipinski definition) is 1. The van der Waals surface area contributed by atoms with E-state index in [1.165, 1.54) is 16.7 Å². The van der Waals surface area contributed by atoms with Gasteiger partial charge < -0.3 is 5.73 Å². The predicted molar refractivity (Wildman–Crippen MR) is 83.7 cm³/mol. The molecule has 1 aromatic carbocycles. The molecule has 1 aliphatic rings. The molecule has 18 heavy (non-hydrogen) atoms. The number of rotatable bonds is 3. The van der Waals surface area contributed by atoms with E-state index < -0.39 is 0 Å². The molecule has 0 spiro atoms. The van der Waals surface area contributed by atoms with Crippen LogP contribution in [-0.2, 0) is 0 Å². The number of hydrogen-bond acceptors (Lipinski definition) is 5. The third kappa shape index (κ3) is 3.15. The molecule has 2 N–H and O–H groups in total. The third-order valence-electron chi connectivity index (χ3n) is 2.25. The second kappa shape index (κ2) is 6.40. The first-order valence-electron chi connectivity index (χ1n) is 5.16. The number of thioether (sulfide) groups is 3. The van der Waals surface area contributed by atoms with Crippen LogP contribution in [0.15, 0.2) is 39.3 Å². The molecule has 1 unspecified atom stereocenters. The van der Waals surface area contributed by atoms with Gasteiger partial charge in [-0.1, -0.05) is 11.8 Å². The molecular weight excluding hydrogens is 284 g/mol. The van der Waals surface area contributed by atoms with Crippen LogP contribution in [0.25, 0.3) is 0 Å². The molecule has 1 radical (unpaired) electrons. The van der Waals surface area contributed by atoms with Gasteiger partial charge in [-0.2, -0.15) is 5.10 Å². The highest BCUT2D eigenvalue weighted by molar-refractivity contribution is 8.23. The fourth-order valence-electron chi connectivity index (χ4n) is 1.36. The molecule has 0 bridgehead atoms. The predicted octanol–water partition coefficient (Wildman–Crippen LogP) is 2.87. The topological polar surface area (TPSA) is 54.0 Å². The van der Waals surface area contributed by atoms with E-state index in [1.807, 2.05) is 36.8 Å². The Morgan fingerprint density at radius 2 is 2.17 bits per heavy atom. The summed E-state index contributed by atoms with van der Waals surface area (Å²) in [5.41, 5.74) is 9.63. The Morgan fingerprint density at radius 3 is 2.78 bits per heavy atom. The summed E-state index contributed by atoms with van der Waals surface area (Å²) < 4.78 is 0.124. The molecular formula is C11H13N4S3. The van der Waals surface area contributed by atoms with Gasteiger partial charge in [0, 0.05) is 4.90 Å². The van der Waals surface area contributed by atoms with E-state index >= 15 is 0 Å². The highest BCUT2D eigenvalue weighted by Gasteiger charge is 2.24. The first kappa shape index (κ1) is 13.6. The van der Waals surface area contributed by atoms with E-state index in [-0.39, 0.29) is 4.71 Å². The lowest BCUT2D eigenvalue weighted by Crippen LogP contribution is -2.35. The number of aliphatic imine (C=N–C) groups is 1. The minimum Gasteiger partial charge on any atom is -0.368 e. The summed E-state index contributed by atoms with van der Waals surface area (Å²) in [6.07, 6.45) is 4.05. The molecule has 0 amide bonds. The van der Waals surface area contributed by atoms with E-state index in [0.717, 1.165) is 5.69 Å². The zero-order valence-corrected chi connectivity index (χ0v) is 12.5. The molecule has 2 rings (SSSR count). The fourth-order valence-corrected chi connectivity index (χ4v) is 3.11. The molecule has 1 atom stereocenters. The minimum atomic E-state index is 0.124. The Balaban J connectivity index is 2.13. The van der Waals surface area contributed by atoms with Crippen LogP contribution in [0.2, 0.25) is 0 Å². The number of hydrazone groups is 1. The summed E-state index contributed by atoms with van der Waals surface area (Å²) >= 11 is 4.86. The molecule has 1 aliphatic heterocycles. The van der Waals surface area contributed by atoms with Crippen LogP contribution in [0.4, 0.5) is 5.69 Å². The van der Waals surface area contributed by atoms with Gasteiger partial charge in [-0.05, 0) is 36.8 Å². The highest BCUT2D eigenvalue weighted by atomic mass is 32.2. The van der Waals surface area contributed by atoms with Gasteiger partial charge in [0.1, 0.15) is 0 Å². The van der Waals surface area contributed by atoms with E-state index in [9.17, 15) is 0 Å². The molecule has 95 valence electrons. The molecule has 0 aliphatic carbocycles. The fraction of sp³-hybridized carbons (Fsp3) is 0.273. The summed E-state index contributed by atoms with van der Waals surface area (Å²) in [5.74, 6) is 0.392. The van der Waals surface area contributed by atoms with Gasteiger partial charge in [0.05, 0.1) is 5.69 Å². The Morgan fingerprint density at radius 1 is 1.44 bits per heavy atom. The number of nitrogens with zero attached hydrogens (tertiary/aromatic N) is 3. The summed E-state index contributed by atoms with van der Waals surface area (Å²) in [7, 11) is 0. The normalized spacial score (nSPS) is 19.6. The highest BCUT2D eigenvalue weighted by Crippen LogP contribution is 2.29. The van der Waals surface area contributed by atoms with E-state index in [1.54, 1.807) is 28.5 Å². The van der Waals surface area contributed by atoms with Gasteiger partial charge in [-0.25, -0.2) is 10.0 Å². The Labute approximate surface area is 119 Å². The lowest BCUT2D eigenvalue weighted by Gasteiger charge is -2.19. The van der Waals surface area contributed by atoms with Crippen molar-refractivity contribution >= 4 is 52.5 Å². The molecule has 0 saturated carbocycles. The van der Waals surface area contributed by atoms with E-state index in [4.69, 9.17) is 5.73 Å². The smallest absolute Gasteiger partial charge is 0.219 e. The standard InChI is InChI=1S/C11H13N4S3/c1-16-9-5-3-8(4-6-9)14-10(12)15-11(17-2)18-7-13-15/h3-6,11H,1-2H3,(H2,12,14). The van der Waals surface area contributed by atoms with E-state index in [2.05, 4.69) is 15.6 Å². The average molecular weight is 297 g/mol. The van der Waals surface area contributed by atoms with Crippen LogP contribution < -0.4 is 5.73 Å². The zero-order chi connectivity index (χ0) is 13.0. The Hall–Kier alpha value is -0.790. The van der Waals surface area contributed by atoms with Gasteiger partial charge in [-0.15, -0.1) is 23.5 Å². The van der Waals surface area contributed by atoms with Crippen molar-refractivity contribution in [2.45, 2.75) is 9.60 Å². The van der Waals surface area contributed by atoms with Crippen molar-refractivity contribution in [1.82, 2.24) is 5.01 Å². The summed E-state index contributed by atoms with van der Waals surface area (Å²) in [4.78, 5) is 5.57. The molecule has 7 heteroatoms. The van der Waals surface area contributed by atoms with Crippen LogP contribution in [0.3, 0.4) is 0 Å². The molecule has 1 aromatic rings. The quantitative estimate of drug-likeness (QED) is 0.528. The molecule has 4 nitrogen and oxygen atoms in total. The summed E-state index contributed by atoms with van der Waals surface area (Å²) in [6.45, 7) is 0. The number of guanidine groups is 1. The van der Waals surface area contributed by atoms with Crippen molar-refractivity contribution in [3.63, 3.8) is 0 Å². The maximum absolute atomic E-state index is 5.96. The first-order valence-corrected chi connectivity index (χ1v) is 8.55. The molecule has 1 heterocycles. The minimum absolute atomic E-state index is 0.124. The lowest BCUT2D eigenvalue weighted by atomic mass is 10.3. The van der Waals surface area contributed by atoms with E-state index in [0.29, 0.717) is 5.96 Å². The van der Waals surface area contributed by atoms with Crippen molar-refractivity contribution in [3.8, 4) is 0 Å². The van der Waals surface area contributed by atoms with Gasteiger partial charge in [0.25, 0.3) is 0 Å². The zero-order valence-electron chi connectivity index (χ0n) is 10.0. The van der Waals surface area contributed by atoms with Crippen molar-refractivity contribution in [2.24, 2.45) is 15.8 Å². The molecule has 0 aromatic heterocycles. The van der Waals surface area contributed by atoms with Gasteiger partial charge >= 0.3 is 0 Å². The first-order chi connectivity index (χ1) is 8.74. The Kier molecular flexibility index (Phi) is 4.85. The third-order valence-corrected chi connectivity index (χ3v) is 5.06. The number of nitrogens with two attached hydrogens (primary N) is 1. The van der Waals surface area contributed by atoms with Crippen molar-refractivity contribution in [1.29, 1.82) is 0 Å². The largest absolute Gasteiger partial charge is 0.368 e. The number of benzene rings is 1. The van der Waals surface area contributed by atoms with Crippen molar-refractivity contribution in [3.05, 3.63) is 24.3 Å². The van der Waals surface area contributed by atoms with Crippen molar-refractivity contribution in [2.75, 3.05) is 12.5 Å². The van der Waals surface area contributed by atoms with Gasteiger partial charge in [0.2, 0.25) is 5.96 Å². The second-order valence-electron chi connectivity index (χ2n) is 3.36. The lowest BCUT2D eigenvalue weighted by molar-refractivity contribution is 0.505. The van der Waals surface area contributed by atoms with Crippen LogP contribution in [0, 0.1) is 0 Å². The SMILES string of the molecule is CSc1ccc(N=C(N)N2N=[C]SC2SC)cc1. The summed E-state index contributed by atoms with van der Waals surface area (Å²) in [5, 5.41) is 5.76. The maximum atomic E-state index is 5.96. The van der Waals surface area contributed by atoms with Crippen LogP contribution in [0.5, 0.6) is 0 Å². The van der Waals surface area contributed by atoms with Crippen molar-refractivity contribution < 1.29 is 0 Å². The average Bonchev–Trinajstić information content (AvgIpc) is 2.88. The summed E-state index contributed by atoms with van der Waals surface area (Å²) in [6, 6.07) is 7.95. The van der Waals surface area contributed by atoms with Gasteiger partial charge in [0.15, 0.2) is 10.3 Å². The van der Waals surface area contributed by atoms with Crippen LogP contribution in [0.1, 0.15) is 0 Å². The molecule has 0 fully saturated rings. The molecule has 0 saturated heterocycles.